The average Bonchev–Trinajstić information content (AvgIpc) is 3.11. The molecule has 4 N–H and O–H groups in total. The van der Waals surface area contributed by atoms with Gasteiger partial charge in [-0.3, -0.25) is 5.41 Å². The molecule has 2 aliphatic carbocycles. The second-order valence-electron chi connectivity index (χ2n) is 5.19. The number of hydrogen-bond acceptors (Lipinski definition) is 3. The van der Waals surface area contributed by atoms with Gasteiger partial charge in [0.15, 0.2) is 0 Å². The van der Waals surface area contributed by atoms with Crippen molar-refractivity contribution in [2.24, 2.45) is 11.7 Å². The summed E-state index contributed by atoms with van der Waals surface area (Å²) in [5.41, 5.74) is 5.47. The topological polar surface area (TPSA) is 96.0 Å². The van der Waals surface area contributed by atoms with Gasteiger partial charge in [-0.05, 0) is 31.6 Å². The molecule has 6 heteroatoms. The fraction of sp³-hybridized carbons (Fsp3) is 0.909. The summed E-state index contributed by atoms with van der Waals surface area (Å²) in [4.78, 5) is 0. The van der Waals surface area contributed by atoms with Gasteiger partial charge in [0.1, 0.15) is 5.84 Å². The van der Waals surface area contributed by atoms with Crippen LogP contribution in [0.3, 0.4) is 0 Å². The predicted octanol–water partition coefficient (Wildman–Crippen LogP) is 0.953. The lowest BCUT2D eigenvalue weighted by atomic mass is 10.0. The van der Waals surface area contributed by atoms with Gasteiger partial charge < -0.3 is 5.73 Å². The van der Waals surface area contributed by atoms with Crippen molar-refractivity contribution in [1.82, 2.24) is 4.72 Å². The number of nitrogens with one attached hydrogen (secondary N) is 2. The van der Waals surface area contributed by atoms with Crippen molar-refractivity contribution in [3.05, 3.63) is 0 Å². The molecule has 0 bridgehead atoms. The maximum atomic E-state index is 12.2. The summed E-state index contributed by atoms with van der Waals surface area (Å²) in [7, 11) is -3.30. The summed E-state index contributed by atoms with van der Waals surface area (Å²) < 4.78 is 27.0. The van der Waals surface area contributed by atoms with Crippen LogP contribution in [0.4, 0.5) is 0 Å². The molecule has 2 aliphatic rings. The van der Waals surface area contributed by atoms with Crippen LogP contribution in [-0.2, 0) is 10.0 Å². The molecule has 0 spiro atoms. The van der Waals surface area contributed by atoms with E-state index in [0.29, 0.717) is 0 Å². The third-order valence-electron chi connectivity index (χ3n) is 3.71. The smallest absolute Gasteiger partial charge is 0.215 e. The van der Waals surface area contributed by atoms with Gasteiger partial charge in [0.25, 0.3) is 0 Å². The summed E-state index contributed by atoms with van der Waals surface area (Å²) in [5.74, 6) is 0.192. The minimum Gasteiger partial charge on any atom is -0.386 e. The molecule has 0 amide bonds. The van der Waals surface area contributed by atoms with E-state index < -0.39 is 16.1 Å². The van der Waals surface area contributed by atoms with Gasteiger partial charge in [0.05, 0.1) is 11.3 Å². The zero-order valence-corrected chi connectivity index (χ0v) is 10.8. The van der Waals surface area contributed by atoms with E-state index in [9.17, 15) is 8.42 Å². The van der Waals surface area contributed by atoms with Gasteiger partial charge in [0, 0.05) is 0 Å². The Labute approximate surface area is 103 Å². The number of amidine groups is 1. The van der Waals surface area contributed by atoms with Crippen LogP contribution in [0.2, 0.25) is 0 Å². The minimum absolute atomic E-state index is 0.0492. The van der Waals surface area contributed by atoms with Gasteiger partial charge >= 0.3 is 0 Å². The van der Waals surface area contributed by atoms with Crippen molar-refractivity contribution >= 4 is 15.9 Å². The van der Waals surface area contributed by atoms with Crippen LogP contribution in [0.1, 0.15) is 44.9 Å². The van der Waals surface area contributed by atoms with Crippen LogP contribution >= 0.6 is 0 Å². The van der Waals surface area contributed by atoms with Crippen LogP contribution in [0.15, 0.2) is 0 Å². The Balaban J connectivity index is 2.01. The third kappa shape index (κ3) is 3.19. The van der Waals surface area contributed by atoms with Crippen LogP contribution < -0.4 is 10.5 Å². The molecule has 0 aliphatic heterocycles. The highest BCUT2D eigenvalue weighted by molar-refractivity contribution is 7.90. The Kier molecular flexibility index (Phi) is 3.73. The number of nitrogens with two attached hydrogens (primary N) is 1. The van der Waals surface area contributed by atoms with Crippen molar-refractivity contribution in [3.63, 3.8) is 0 Å². The highest BCUT2D eigenvalue weighted by atomic mass is 32.2. The van der Waals surface area contributed by atoms with E-state index in [4.69, 9.17) is 11.1 Å². The van der Waals surface area contributed by atoms with Gasteiger partial charge in [-0.1, -0.05) is 19.3 Å². The Bertz CT molecular complexity index is 384. The first-order chi connectivity index (χ1) is 8.00. The van der Waals surface area contributed by atoms with E-state index in [-0.39, 0.29) is 17.0 Å². The maximum Gasteiger partial charge on any atom is 0.215 e. The molecule has 98 valence electrons. The molecule has 2 fully saturated rings. The first-order valence-corrected chi connectivity index (χ1v) is 7.90. The molecule has 0 aromatic heterocycles. The highest BCUT2D eigenvalue weighted by Crippen LogP contribution is 2.33. The van der Waals surface area contributed by atoms with Gasteiger partial charge in [0.2, 0.25) is 10.0 Å². The molecule has 0 aromatic carbocycles. The Morgan fingerprint density at radius 1 is 1.18 bits per heavy atom. The minimum atomic E-state index is -3.30. The van der Waals surface area contributed by atoms with Crippen molar-refractivity contribution < 1.29 is 8.42 Å². The zero-order valence-electron chi connectivity index (χ0n) is 9.98. The number of rotatable bonds is 5. The maximum absolute atomic E-state index is 12.2. The van der Waals surface area contributed by atoms with Crippen molar-refractivity contribution in [2.45, 2.75) is 56.2 Å². The third-order valence-corrected chi connectivity index (χ3v) is 5.64. The summed E-state index contributed by atoms with van der Waals surface area (Å²) in [6, 6.07) is -0.470. The van der Waals surface area contributed by atoms with E-state index in [2.05, 4.69) is 4.72 Å². The van der Waals surface area contributed by atoms with Crippen molar-refractivity contribution in [1.29, 1.82) is 5.41 Å². The monoisotopic (exact) mass is 259 g/mol. The second-order valence-corrected chi connectivity index (χ2v) is 7.19. The molecule has 0 aromatic rings. The fourth-order valence-corrected chi connectivity index (χ4v) is 4.31. The summed E-state index contributed by atoms with van der Waals surface area (Å²) >= 11 is 0. The molecule has 17 heavy (non-hydrogen) atoms. The molecular weight excluding hydrogens is 238 g/mol. The zero-order chi connectivity index (χ0) is 12.5. The lowest BCUT2D eigenvalue weighted by Gasteiger charge is -2.25. The van der Waals surface area contributed by atoms with Crippen LogP contribution in [0.5, 0.6) is 0 Å². The quantitative estimate of drug-likeness (QED) is 0.506. The molecule has 2 rings (SSSR count). The summed E-state index contributed by atoms with van der Waals surface area (Å²) in [6.45, 7) is 0. The Morgan fingerprint density at radius 3 is 2.24 bits per heavy atom. The lowest BCUT2D eigenvalue weighted by Crippen LogP contribution is -2.49. The van der Waals surface area contributed by atoms with E-state index in [1.54, 1.807) is 0 Å². The molecule has 5 nitrogen and oxygen atoms in total. The second kappa shape index (κ2) is 4.94. The number of sulfonamides is 1. The van der Waals surface area contributed by atoms with Crippen LogP contribution in [0, 0.1) is 11.3 Å². The standard InChI is InChI=1S/C11H21N3O2S/c12-11(13)10(8-6-7-8)14-17(15,16)9-4-2-1-3-5-9/h8-10,14H,1-7H2,(H3,12,13). The molecule has 0 heterocycles. The van der Waals surface area contributed by atoms with E-state index >= 15 is 0 Å². The van der Waals surface area contributed by atoms with E-state index in [1.165, 1.54) is 0 Å². The molecular formula is C11H21N3O2S. The lowest BCUT2D eigenvalue weighted by molar-refractivity contribution is 0.473. The van der Waals surface area contributed by atoms with Gasteiger partial charge in [-0.25, -0.2) is 13.1 Å². The highest BCUT2D eigenvalue weighted by Gasteiger charge is 2.38. The van der Waals surface area contributed by atoms with Gasteiger partial charge in [-0.2, -0.15) is 0 Å². The Hall–Kier alpha value is -0.620. The largest absolute Gasteiger partial charge is 0.386 e. The molecule has 2 saturated carbocycles. The first-order valence-electron chi connectivity index (χ1n) is 6.36. The summed E-state index contributed by atoms with van der Waals surface area (Å²) in [5, 5.41) is 7.19. The fourth-order valence-electron chi connectivity index (χ4n) is 2.49. The SMILES string of the molecule is N=C(N)C(NS(=O)(=O)C1CCCCC1)C1CC1. The van der Waals surface area contributed by atoms with Crippen molar-refractivity contribution in [3.8, 4) is 0 Å². The molecule has 0 saturated heterocycles. The molecule has 1 atom stereocenters. The average molecular weight is 259 g/mol. The van der Waals surface area contributed by atoms with Crippen molar-refractivity contribution in [2.75, 3.05) is 0 Å². The van der Waals surface area contributed by atoms with Crippen LogP contribution in [-0.4, -0.2) is 25.5 Å². The molecule has 0 radical (unpaired) electrons. The molecule has 1 unspecified atom stereocenters. The van der Waals surface area contributed by atoms with Gasteiger partial charge in [-0.15, -0.1) is 0 Å². The van der Waals surface area contributed by atoms with E-state index in [0.717, 1.165) is 44.9 Å². The predicted molar refractivity (Wildman–Crippen MR) is 67.4 cm³/mol. The Morgan fingerprint density at radius 2 is 1.76 bits per heavy atom. The first kappa shape index (κ1) is 12.8. The normalized spacial score (nSPS) is 24.5. The van der Waals surface area contributed by atoms with Crippen LogP contribution in [0.25, 0.3) is 0 Å². The van der Waals surface area contributed by atoms with E-state index in [1.807, 2.05) is 0 Å². The summed E-state index contributed by atoms with van der Waals surface area (Å²) in [6.07, 6.45) is 6.52. The number of hydrogen-bond donors (Lipinski definition) is 3.